The second-order valence-electron chi connectivity index (χ2n) is 6.06. The summed E-state index contributed by atoms with van der Waals surface area (Å²) in [5.41, 5.74) is 10.4. The molecule has 1 heterocycles. The zero-order valence-electron chi connectivity index (χ0n) is 16.0. The Kier molecular flexibility index (Phi) is 12.0. The number of amides is 3. The highest BCUT2D eigenvalue weighted by Gasteiger charge is 2.32. The molecule has 0 radical (unpaired) electrons. The van der Waals surface area contributed by atoms with E-state index in [0.717, 1.165) is 0 Å². The summed E-state index contributed by atoms with van der Waals surface area (Å²) in [6, 6.07) is 0. The van der Waals surface area contributed by atoms with Crippen molar-refractivity contribution in [1.82, 2.24) is 10.4 Å². The van der Waals surface area contributed by atoms with Crippen LogP contribution in [-0.4, -0.2) is 59.9 Å². The van der Waals surface area contributed by atoms with Crippen LogP contribution >= 0.6 is 12.4 Å². The van der Waals surface area contributed by atoms with Gasteiger partial charge in [-0.25, -0.2) is 4.79 Å². The number of hydrogen-bond acceptors (Lipinski definition) is 8. The van der Waals surface area contributed by atoms with Crippen LogP contribution in [0.1, 0.15) is 45.4 Å². The zero-order chi connectivity index (χ0) is 21.1. The molecule has 1 saturated heterocycles. The van der Waals surface area contributed by atoms with Gasteiger partial charge in [0.1, 0.15) is 12.6 Å². The summed E-state index contributed by atoms with van der Waals surface area (Å²) in [5.74, 6) is -3.28. The summed E-state index contributed by atoms with van der Waals surface area (Å²) in [5, 5.41) is 2.69. The Hall–Kier alpha value is -2.89. The monoisotopic (exact) mass is 435 g/mol. The highest BCUT2D eigenvalue weighted by Crippen LogP contribution is 2.12. The predicted octanol–water partition coefficient (Wildman–Crippen LogP) is -1.10. The number of imide groups is 1. The van der Waals surface area contributed by atoms with E-state index < -0.39 is 42.3 Å². The van der Waals surface area contributed by atoms with E-state index in [9.17, 15) is 24.0 Å². The third-order valence-corrected chi connectivity index (χ3v) is 3.60. The summed E-state index contributed by atoms with van der Waals surface area (Å²) >= 11 is 0. The predicted molar refractivity (Wildman–Crippen MR) is 102 cm³/mol. The molecule has 29 heavy (non-hydrogen) atoms. The van der Waals surface area contributed by atoms with E-state index in [1.165, 1.54) is 6.92 Å². The molecule has 1 aliphatic heterocycles. The normalized spacial score (nSPS) is 13.9. The van der Waals surface area contributed by atoms with Crippen LogP contribution in [0.3, 0.4) is 0 Å². The molecule has 0 aromatic rings. The van der Waals surface area contributed by atoms with Gasteiger partial charge >= 0.3 is 11.9 Å². The summed E-state index contributed by atoms with van der Waals surface area (Å²) < 4.78 is 5.09. The van der Waals surface area contributed by atoms with Gasteiger partial charge in [-0.3, -0.25) is 24.2 Å². The van der Waals surface area contributed by atoms with Crippen molar-refractivity contribution in [1.29, 1.82) is 0 Å². The minimum Gasteiger partial charge on any atom is -0.462 e. The molecule has 12 nitrogen and oxygen atoms in total. The van der Waals surface area contributed by atoms with Gasteiger partial charge in [0, 0.05) is 26.3 Å². The first-order chi connectivity index (χ1) is 13.2. The maximum Gasteiger partial charge on any atom is 0.352 e. The Bertz CT molecular complexity index is 636. The minimum atomic E-state index is -0.960. The van der Waals surface area contributed by atoms with Crippen LogP contribution in [0.15, 0.2) is 4.99 Å². The maximum atomic E-state index is 12.0. The molecule has 0 bridgehead atoms. The fourth-order valence-corrected chi connectivity index (χ4v) is 2.37. The fourth-order valence-electron chi connectivity index (χ4n) is 2.37. The first-order valence-corrected chi connectivity index (χ1v) is 8.75. The maximum absolute atomic E-state index is 12.0. The molecule has 13 heteroatoms. The zero-order valence-corrected chi connectivity index (χ0v) is 16.9. The molecule has 0 aromatic heterocycles. The quantitative estimate of drug-likeness (QED) is 0.119. The lowest BCUT2D eigenvalue weighted by molar-refractivity contribution is -0.196. The van der Waals surface area contributed by atoms with Gasteiger partial charge in [0.15, 0.2) is 5.96 Å². The van der Waals surface area contributed by atoms with Crippen molar-refractivity contribution in [3.8, 4) is 0 Å². The van der Waals surface area contributed by atoms with Gasteiger partial charge < -0.3 is 26.4 Å². The van der Waals surface area contributed by atoms with E-state index in [2.05, 4.69) is 15.1 Å². The molecular formula is C16H26ClN5O7. The van der Waals surface area contributed by atoms with Gasteiger partial charge in [-0.2, -0.15) is 0 Å². The third kappa shape index (κ3) is 10.9. The fraction of sp³-hybridized carbons (Fsp3) is 0.625. The number of nitrogens with zero attached hydrogens (tertiary/aromatic N) is 2. The number of esters is 1. The lowest BCUT2D eigenvalue weighted by Crippen LogP contribution is -2.38. The van der Waals surface area contributed by atoms with Crippen LogP contribution in [0.5, 0.6) is 0 Å². The number of aliphatic imine (C=N–C) groups is 1. The Morgan fingerprint density at radius 1 is 1.17 bits per heavy atom. The molecule has 3 amide bonds. The van der Waals surface area contributed by atoms with Gasteiger partial charge in [0.25, 0.3) is 11.8 Å². The van der Waals surface area contributed by atoms with Crippen molar-refractivity contribution in [2.75, 3.05) is 13.1 Å². The van der Waals surface area contributed by atoms with E-state index in [0.29, 0.717) is 30.9 Å². The molecule has 1 fully saturated rings. The minimum absolute atomic E-state index is 0. The Morgan fingerprint density at radius 3 is 2.34 bits per heavy atom. The highest BCUT2D eigenvalue weighted by molar-refractivity contribution is 6.01. The standard InChI is InChI=1S/C16H25N5O7.ClH/c1-10(22)27-11(4-2-3-7-19-16(17)18)8-12(23)20-9-15(26)28-21-13(24)5-6-14(21)25;/h11H,2-9H2,1H3,(H,20,23)(H4,17,18,19);1H/t11-;/m0./s1. The van der Waals surface area contributed by atoms with E-state index in [4.69, 9.17) is 16.2 Å². The number of rotatable bonds is 11. The van der Waals surface area contributed by atoms with E-state index in [1.54, 1.807) is 0 Å². The number of carbonyl (C=O) groups is 5. The molecule has 0 unspecified atom stereocenters. The molecule has 0 aromatic carbocycles. The molecule has 164 valence electrons. The van der Waals surface area contributed by atoms with Crippen molar-refractivity contribution >= 4 is 48.0 Å². The van der Waals surface area contributed by atoms with Crippen LogP contribution < -0.4 is 16.8 Å². The van der Waals surface area contributed by atoms with Gasteiger partial charge in [-0.05, 0) is 19.3 Å². The number of carbonyl (C=O) groups excluding carboxylic acids is 5. The largest absolute Gasteiger partial charge is 0.462 e. The number of guanidine groups is 1. The lowest BCUT2D eigenvalue weighted by atomic mass is 10.1. The van der Waals surface area contributed by atoms with Gasteiger partial charge in [-0.1, -0.05) is 0 Å². The van der Waals surface area contributed by atoms with Gasteiger partial charge in [0.05, 0.1) is 6.42 Å². The topological polar surface area (TPSA) is 183 Å². The van der Waals surface area contributed by atoms with E-state index >= 15 is 0 Å². The Morgan fingerprint density at radius 2 is 1.79 bits per heavy atom. The van der Waals surface area contributed by atoms with Crippen LogP contribution in [0, 0.1) is 0 Å². The number of unbranched alkanes of at least 4 members (excludes halogenated alkanes) is 1. The first kappa shape index (κ1) is 26.1. The second kappa shape index (κ2) is 13.3. The summed E-state index contributed by atoms with van der Waals surface area (Å²) in [6.07, 6.45) is 0.794. The van der Waals surface area contributed by atoms with E-state index in [-0.39, 0.29) is 37.6 Å². The summed E-state index contributed by atoms with van der Waals surface area (Å²) in [7, 11) is 0. The summed E-state index contributed by atoms with van der Waals surface area (Å²) in [6.45, 7) is 1.11. The van der Waals surface area contributed by atoms with Gasteiger partial charge in [0.2, 0.25) is 5.91 Å². The average molecular weight is 436 g/mol. The number of nitrogens with two attached hydrogens (primary N) is 2. The smallest absolute Gasteiger partial charge is 0.352 e. The van der Waals surface area contributed by atoms with Crippen molar-refractivity contribution < 1.29 is 33.5 Å². The van der Waals surface area contributed by atoms with Crippen molar-refractivity contribution in [2.24, 2.45) is 16.5 Å². The second-order valence-corrected chi connectivity index (χ2v) is 6.06. The van der Waals surface area contributed by atoms with Crippen LogP contribution in [0.4, 0.5) is 0 Å². The molecule has 1 rings (SSSR count). The Labute approximate surface area is 173 Å². The number of hydroxylamine groups is 2. The summed E-state index contributed by atoms with van der Waals surface area (Å²) in [4.78, 5) is 66.0. The first-order valence-electron chi connectivity index (χ1n) is 8.75. The van der Waals surface area contributed by atoms with Crippen molar-refractivity contribution in [2.45, 2.75) is 51.6 Å². The molecule has 1 atom stereocenters. The molecular weight excluding hydrogens is 410 g/mol. The molecule has 0 spiro atoms. The van der Waals surface area contributed by atoms with Crippen molar-refractivity contribution in [3.05, 3.63) is 0 Å². The number of nitrogens with one attached hydrogen (secondary N) is 1. The molecule has 1 aliphatic rings. The molecule has 5 N–H and O–H groups in total. The highest BCUT2D eigenvalue weighted by atomic mass is 35.5. The average Bonchev–Trinajstić information content (AvgIpc) is 2.90. The van der Waals surface area contributed by atoms with E-state index in [1.807, 2.05) is 0 Å². The molecule has 0 saturated carbocycles. The number of hydrogen-bond donors (Lipinski definition) is 3. The number of ether oxygens (including phenoxy) is 1. The van der Waals surface area contributed by atoms with Crippen LogP contribution in [0.25, 0.3) is 0 Å². The Balaban J connectivity index is 0.00000784. The number of halogens is 1. The van der Waals surface area contributed by atoms with Crippen molar-refractivity contribution in [3.63, 3.8) is 0 Å². The van der Waals surface area contributed by atoms with Gasteiger partial charge in [-0.15, -0.1) is 17.5 Å². The third-order valence-electron chi connectivity index (χ3n) is 3.60. The molecule has 0 aliphatic carbocycles. The lowest BCUT2D eigenvalue weighted by Gasteiger charge is -2.17. The SMILES string of the molecule is CC(=O)O[C@@H](CCCCN=C(N)N)CC(=O)NCC(=O)ON1C(=O)CCC1=O.Cl. The van der Waals surface area contributed by atoms with Crippen LogP contribution in [-0.2, 0) is 33.5 Å². The van der Waals surface area contributed by atoms with Crippen LogP contribution in [0.2, 0.25) is 0 Å².